The smallest absolute Gasteiger partial charge is 0.268 e. The number of nitrogen functional groups attached to an aromatic ring is 1. The van der Waals surface area contributed by atoms with Gasteiger partial charge in [-0.1, -0.05) is 6.92 Å². The first-order valence-electron chi connectivity index (χ1n) is 6.66. The van der Waals surface area contributed by atoms with Crippen molar-refractivity contribution in [3.05, 3.63) is 18.0 Å². The number of hydrogen-bond donors (Lipinski definition) is 3. The number of nitrogens with two attached hydrogens (primary N) is 1. The zero-order valence-corrected chi connectivity index (χ0v) is 11.1. The van der Waals surface area contributed by atoms with Crippen LogP contribution in [-0.2, 0) is 11.3 Å². The van der Waals surface area contributed by atoms with Gasteiger partial charge in [-0.15, -0.1) is 0 Å². The van der Waals surface area contributed by atoms with Crippen LogP contribution in [0.3, 0.4) is 0 Å². The lowest BCUT2D eigenvalue weighted by molar-refractivity contribution is -0.124. The van der Waals surface area contributed by atoms with Crippen molar-refractivity contribution in [3.63, 3.8) is 0 Å². The molecule has 1 aromatic rings. The highest BCUT2D eigenvalue weighted by Crippen LogP contribution is 2.12. The van der Waals surface area contributed by atoms with E-state index in [-0.39, 0.29) is 11.8 Å². The maximum Gasteiger partial charge on any atom is 0.268 e. The lowest BCUT2D eigenvalue weighted by atomic mass is 10.1. The van der Waals surface area contributed by atoms with E-state index < -0.39 is 6.04 Å². The van der Waals surface area contributed by atoms with Crippen LogP contribution in [0.2, 0.25) is 0 Å². The van der Waals surface area contributed by atoms with Crippen LogP contribution >= 0.6 is 0 Å². The first kappa shape index (κ1) is 13.5. The third-order valence-electron chi connectivity index (χ3n) is 3.21. The zero-order chi connectivity index (χ0) is 13.8. The van der Waals surface area contributed by atoms with Crippen molar-refractivity contribution in [1.29, 1.82) is 0 Å². The Morgan fingerprint density at radius 3 is 3.11 bits per heavy atom. The van der Waals surface area contributed by atoms with Crippen molar-refractivity contribution in [2.45, 2.75) is 38.8 Å². The predicted octanol–water partition coefficient (Wildman–Crippen LogP) is 0.489. The molecule has 1 atom stereocenters. The monoisotopic (exact) mass is 264 g/mol. The molecule has 2 heterocycles. The normalized spacial score (nSPS) is 19.0. The summed E-state index contributed by atoms with van der Waals surface area (Å²) in [5.41, 5.74) is 6.80. The fourth-order valence-corrected chi connectivity index (χ4v) is 2.29. The van der Waals surface area contributed by atoms with Gasteiger partial charge in [0.15, 0.2) is 0 Å². The minimum atomic E-state index is -0.438. The van der Waals surface area contributed by atoms with Gasteiger partial charge in [0.25, 0.3) is 5.91 Å². The molecule has 0 radical (unpaired) electrons. The molecule has 0 aliphatic carbocycles. The molecule has 1 saturated heterocycles. The molecule has 0 saturated carbocycles. The molecule has 0 aromatic carbocycles. The average Bonchev–Trinajstić information content (AvgIpc) is 2.74. The molecule has 6 nitrogen and oxygen atoms in total. The first-order valence-corrected chi connectivity index (χ1v) is 6.66. The number of rotatable bonds is 4. The number of anilines is 1. The van der Waals surface area contributed by atoms with Crippen molar-refractivity contribution < 1.29 is 9.59 Å². The van der Waals surface area contributed by atoms with Gasteiger partial charge < -0.3 is 20.9 Å². The molecule has 1 unspecified atom stereocenters. The second-order valence-corrected chi connectivity index (χ2v) is 4.81. The van der Waals surface area contributed by atoms with Gasteiger partial charge in [-0.25, -0.2) is 0 Å². The number of nitrogens with one attached hydrogen (secondary N) is 2. The summed E-state index contributed by atoms with van der Waals surface area (Å²) < 4.78 is 1.82. The topological polar surface area (TPSA) is 89.2 Å². The molecular formula is C13H20N4O2. The average molecular weight is 264 g/mol. The Balaban J connectivity index is 2.08. The number of nitrogens with zero attached hydrogens (tertiary/aromatic N) is 1. The van der Waals surface area contributed by atoms with Gasteiger partial charge in [-0.05, 0) is 25.3 Å². The summed E-state index contributed by atoms with van der Waals surface area (Å²) in [5, 5.41) is 5.52. The number of amides is 2. The van der Waals surface area contributed by atoms with Crippen LogP contribution in [-0.4, -0.2) is 29.0 Å². The number of hydrogen-bond acceptors (Lipinski definition) is 3. The fourth-order valence-electron chi connectivity index (χ4n) is 2.29. The molecule has 1 aromatic heterocycles. The van der Waals surface area contributed by atoms with E-state index >= 15 is 0 Å². The minimum absolute atomic E-state index is 0.110. The van der Waals surface area contributed by atoms with Gasteiger partial charge in [0.1, 0.15) is 11.7 Å². The highest BCUT2D eigenvalue weighted by atomic mass is 16.2. The van der Waals surface area contributed by atoms with Crippen molar-refractivity contribution in [3.8, 4) is 0 Å². The lowest BCUT2D eigenvalue weighted by Gasteiger charge is -2.22. The summed E-state index contributed by atoms with van der Waals surface area (Å²) in [7, 11) is 0. The molecule has 1 aliphatic rings. The molecule has 2 rings (SSSR count). The van der Waals surface area contributed by atoms with Crippen LogP contribution in [0.15, 0.2) is 12.3 Å². The maximum atomic E-state index is 12.2. The standard InChI is InChI=1S/C13H20N4O2/c1-2-6-17-8-9(14)7-11(17)13(19)16-10-4-3-5-15-12(10)18/h7-8,10H,2-6,14H2,1H3,(H,15,18)(H,16,19). The largest absolute Gasteiger partial charge is 0.397 e. The number of carbonyl (C=O) groups excluding carboxylic acids is 2. The highest BCUT2D eigenvalue weighted by Gasteiger charge is 2.25. The third kappa shape index (κ3) is 3.07. The van der Waals surface area contributed by atoms with Gasteiger partial charge in [-0.3, -0.25) is 9.59 Å². The first-order chi connectivity index (χ1) is 9.11. The van der Waals surface area contributed by atoms with E-state index in [1.54, 1.807) is 12.3 Å². The Hall–Kier alpha value is -1.98. The number of piperidine rings is 1. The maximum absolute atomic E-state index is 12.2. The van der Waals surface area contributed by atoms with Crippen molar-refractivity contribution in [2.24, 2.45) is 0 Å². The minimum Gasteiger partial charge on any atom is -0.397 e. The molecule has 2 amide bonds. The van der Waals surface area contributed by atoms with Crippen LogP contribution in [0, 0.1) is 0 Å². The molecule has 0 spiro atoms. The lowest BCUT2D eigenvalue weighted by Crippen LogP contribution is -2.50. The highest BCUT2D eigenvalue weighted by molar-refractivity contribution is 5.97. The molecule has 1 aliphatic heterocycles. The van der Waals surface area contributed by atoms with Gasteiger partial charge in [0, 0.05) is 19.3 Å². The predicted molar refractivity (Wildman–Crippen MR) is 72.6 cm³/mol. The van der Waals surface area contributed by atoms with Crippen LogP contribution < -0.4 is 16.4 Å². The Morgan fingerprint density at radius 2 is 2.42 bits per heavy atom. The van der Waals surface area contributed by atoms with Crippen LogP contribution in [0.4, 0.5) is 5.69 Å². The zero-order valence-electron chi connectivity index (χ0n) is 11.1. The summed E-state index contributed by atoms with van der Waals surface area (Å²) in [4.78, 5) is 23.8. The molecule has 0 bridgehead atoms. The summed E-state index contributed by atoms with van der Waals surface area (Å²) in [5.74, 6) is -0.353. The van der Waals surface area contributed by atoms with E-state index in [0.717, 1.165) is 19.4 Å². The Bertz CT molecular complexity index is 481. The van der Waals surface area contributed by atoms with E-state index in [2.05, 4.69) is 10.6 Å². The van der Waals surface area contributed by atoms with Crippen LogP contribution in [0.5, 0.6) is 0 Å². The SMILES string of the molecule is CCCn1cc(N)cc1C(=O)NC1CCCNC1=O. The van der Waals surface area contributed by atoms with Gasteiger partial charge in [0.05, 0.1) is 5.69 Å². The Kier molecular flexibility index (Phi) is 4.09. The Morgan fingerprint density at radius 1 is 1.63 bits per heavy atom. The molecule has 19 heavy (non-hydrogen) atoms. The van der Waals surface area contributed by atoms with Gasteiger partial charge in [0.2, 0.25) is 5.91 Å². The summed E-state index contributed by atoms with van der Waals surface area (Å²) >= 11 is 0. The molecule has 104 valence electrons. The van der Waals surface area contributed by atoms with Crippen LogP contribution in [0.1, 0.15) is 36.7 Å². The van der Waals surface area contributed by atoms with E-state index in [9.17, 15) is 9.59 Å². The van der Waals surface area contributed by atoms with Crippen molar-refractivity contribution in [2.75, 3.05) is 12.3 Å². The van der Waals surface area contributed by atoms with E-state index in [4.69, 9.17) is 5.73 Å². The Labute approximate surface area is 112 Å². The van der Waals surface area contributed by atoms with Crippen molar-refractivity contribution in [1.82, 2.24) is 15.2 Å². The summed E-state index contributed by atoms with van der Waals surface area (Å²) in [6, 6.07) is 1.21. The molecule has 1 fully saturated rings. The molecule has 4 N–H and O–H groups in total. The van der Waals surface area contributed by atoms with Gasteiger partial charge in [-0.2, -0.15) is 0 Å². The molecule has 6 heteroatoms. The number of aromatic nitrogens is 1. The van der Waals surface area contributed by atoms with Crippen molar-refractivity contribution >= 4 is 17.5 Å². The quantitative estimate of drug-likeness (QED) is 0.739. The van der Waals surface area contributed by atoms with Crippen LogP contribution in [0.25, 0.3) is 0 Å². The number of carbonyl (C=O) groups is 2. The third-order valence-corrected chi connectivity index (χ3v) is 3.21. The van der Waals surface area contributed by atoms with E-state index in [1.807, 2.05) is 11.5 Å². The van der Waals surface area contributed by atoms with Gasteiger partial charge >= 0.3 is 0 Å². The molecular weight excluding hydrogens is 244 g/mol. The summed E-state index contributed by atoms with van der Waals surface area (Å²) in [6.45, 7) is 3.45. The number of aryl methyl sites for hydroxylation is 1. The second-order valence-electron chi connectivity index (χ2n) is 4.81. The second kappa shape index (κ2) is 5.77. The van der Waals surface area contributed by atoms with E-state index in [1.165, 1.54) is 0 Å². The summed E-state index contributed by atoms with van der Waals surface area (Å²) in [6.07, 6.45) is 4.23. The fraction of sp³-hybridized carbons (Fsp3) is 0.538. The van der Waals surface area contributed by atoms with E-state index in [0.29, 0.717) is 24.3 Å².